The minimum absolute atomic E-state index is 0.0337. The second-order valence-corrected chi connectivity index (χ2v) is 22.4. The number of hydrogen-bond acceptors (Lipinski definition) is 6. The molecule has 65 heavy (non-hydrogen) atoms. The molecule has 6 aliphatic carbocycles. The van der Waals surface area contributed by atoms with Gasteiger partial charge in [0, 0.05) is 24.4 Å². The van der Waals surface area contributed by atoms with Crippen molar-refractivity contribution in [2.24, 2.45) is 68.3 Å². The van der Waals surface area contributed by atoms with Crippen LogP contribution in [0.3, 0.4) is 0 Å². The van der Waals surface area contributed by atoms with Crippen LogP contribution in [0, 0.1) is 62.6 Å². The molecule has 7 N–H and O–H groups in total. The maximum atomic E-state index is 14.8. The Bertz CT molecular complexity index is 2170. The fourth-order valence-electron chi connectivity index (χ4n) is 15.1. The van der Waals surface area contributed by atoms with Crippen LogP contribution in [0.1, 0.15) is 141 Å². The smallest absolute Gasteiger partial charge is 0.337 e. The second-order valence-electron chi connectivity index (χ2n) is 22.4. The zero-order valence-corrected chi connectivity index (χ0v) is 40.4. The molecule has 5 saturated carbocycles. The number of benzene rings is 1. The van der Waals surface area contributed by atoms with Crippen LogP contribution in [0.25, 0.3) is 0 Å². The Morgan fingerprint density at radius 2 is 1.68 bits per heavy atom. The molecule has 7 rings (SSSR count). The lowest BCUT2D eigenvalue weighted by atomic mass is 9.32. The average Bonchev–Trinajstić information content (AvgIpc) is 3.68. The van der Waals surface area contributed by atoms with Crippen molar-refractivity contribution in [3.8, 4) is 0 Å². The molecule has 1 aromatic carbocycles. The summed E-state index contributed by atoms with van der Waals surface area (Å²) >= 11 is 0. The average molecular weight is 891 g/mol. The molecule has 0 aromatic heterocycles. The van der Waals surface area contributed by atoms with Crippen LogP contribution in [0.4, 0.5) is 0 Å². The number of aliphatic hydroxyl groups excluding tert-OH is 1. The normalized spacial score (nSPS) is 36.2. The van der Waals surface area contributed by atoms with E-state index in [0.29, 0.717) is 61.6 Å². The van der Waals surface area contributed by atoms with Gasteiger partial charge in [0.15, 0.2) is 0 Å². The predicted molar refractivity (Wildman–Crippen MR) is 257 cm³/mol. The number of rotatable bonds is 14. The zero-order valence-electron chi connectivity index (χ0n) is 40.4. The Hall–Kier alpha value is -4.44. The minimum atomic E-state index is -1.14. The summed E-state index contributed by atoms with van der Waals surface area (Å²) in [6.45, 7) is 21.8. The summed E-state index contributed by atoms with van der Waals surface area (Å²) in [5, 5.41) is 29.8. The van der Waals surface area contributed by atoms with Gasteiger partial charge in [0.1, 0.15) is 0 Å². The predicted octanol–water partition coefficient (Wildman–Crippen LogP) is 8.98. The maximum absolute atomic E-state index is 14.8. The molecule has 6 aliphatic rings. The first kappa shape index (κ1) is 48.5. The van der Waals surface area contributed by atoms with Gasteiger partial charge in [-0.1, -0.05) is 90.1 Å². The Balaban J connectivity index is 0.940. The fourth-order valence-corrected chi connectivity index (χ4v) is 15.1. The van der Waals surface area contributed by atoms with Crippen molar-refractivity contribution in [2.75, 3.05) is 19.6 Å². The minimum Gasteiger partial charge on any atom is -0.478 e. The third-order valence-corrected chi connectivity index (χ3v) is 18.9. The Morgan fingerprint density at radius 1 is 0.908 bits per heavy atom. The quantitative estimate of drug-likeness (QED) is 0.0615. The number of amides is 3. The fraction of sp³-hybridized carbons (Fsp3) is 0.636. The first-order valence-electron chi connectivity index (χ1n) is 24.8. The topological polar surface area (TPSA) is 171 Å². The van der Waals surface area contributed by atoms with Gasteiger partial charge in [0.25, 0.3) is 5.91 Å². The van der Waals surface area contributed by atoms with Gasteiger partial charge in [-0.15, -0.1) is 0 Å². The van der Waals surface area contributed by atoms with E-state index in [-0.39, 0.29) is 69.2 Å². The van der Waals surface area contributed by atoms with E-state index >= 15 is 0 Å². The van der Waals surface area contributed by atoms with Crippen LogP contribution < -0.4 is 21.7 Å². The van der Waals surface area contributed by atoms with Crippen LogP contribution in [-0.2, 0) is 20.8 Å². The Morgan fingerprint density at radius 3 is 2.37 bits per heavy atom. The highest BCUT2D eigenvalue weighted by molar-refractivity contribution is 5.94. The van der Waals surface area contributed by atoms with Gasteiger partial charge in [-0.05, 0) is 171 Å². The van der Waals surface area contributed by atoms with Gasteiger partial charge >= 0.3 is 5.97 Å². The number of carboxylic acids is 1. The number of nitrogens with one attached hydrogen (secondary N) is 3. The van der Waals surface area contributed by atoms with E-state index in [4.69, 9.17) is 5.73 Å². The second kappa shape index (κ2) is 18.7. The van der Waals surface area contributed by atoms with Gasteiger partial charge in [-0.3, -0.25) is 14.4 Å². The first-order valence-corrected chi connectivity index (χ1v) is 24.8. The molecular formula is C55H78N4O6. The highest BCUT2D eigenvalue weighted by atomic mass is 16.4. The maximum Gasteiger partial charge on any atom is 0.337 e. The number of aliphatic hydroxyl groups is 1. The Kier molecular flexibility index (Phi) is 13.9. The summed E-state index contributed by atoms with van der Waals surface area (Å²) in [7, 11) is 0. The molecule has 0 heterocycles. The van der Waals surface area contributed by atoms with Gasteiger partial charge in [0.05, 0.1) is 29.6 Å². The molecule has 1 aromatic rings. The monoisotopic (exact) mass is 891 g/mol. The molecule has 10 nitrogen and oxygen atoms in total. The van der Waals surface area contributed by atoms with Crippen molar-refractivity contribution in [3.63, 3.8) is 0 Å². The molecular weight excluding hydrogens is 813 g/mol. The van der Waals surface area contributed by atoms with Gasteiger partial charge < -0.3 is 31.9 Å². The summed E-state index contributed by atoms with van der Waals surface area (Å²) in [4.78, 5) is 52.5. The summed E-state index contributed by atoms with van der Waals surface area (Å²) in [5.41, 5.74) is 9.75. The highest BCUT2D eigenvalue weighted by Gasteiger charge is 2.71. The molecule has 3 amide bonds. The Labute approximate surface area is 388 Å². The SMILES string of the molecule is C=C(C)C1CCC2(C(=O)NCCc3cccc(C(=O)NCC4=CCC(C(=O)NC/C(N)=C(/C=C\CC)C(=O)O)C=C4)c3)CC[C@]3(C)C(CCC4C5(C)CCC(O)C(C)(C)C5CCC43C)C12. The molecule has 5 fully saturated rings. The zero-order chi connectivity index (χ0) is 47.1. The summed E-state index contributed by atoms with van der Waals surface area (Å²) in [6.07, 6.45) is 20.9. The molecule has 11 atom stereocenters. The van der Waals surface area contributed by atoms with Crippen LogP contribution >= 0.6 is 0 Å². The largest absolute Gasteiger partial charge is 0.478 e. The van der Waals surface area contributed by atoms with Crippen LogP contribution in [0.2, 0.25) is 0 Å². The molecule has 0 bridgehead atoms. The lowest BCUT2D eigenvalue weighted by molar-refractivity contribution is -0.246. The molecule has 0 radical (unpaired) electrons. The number of allylic oxidation sites excluding steroid dienone is 3. The molecule has 354 valence electrons. The highest BCUT2D eigenvalue weighted by Crippen LogP contribution is 2.77. The van der Waals surface area contributed by atoms with Crippen molar-refractivity contribution in [1.82, 2.24) is 16.0 Å². The molecule has 0 saturated heterocycles. The van der Waals surface area contributed by atoms with Crippen molar-refractivity contribution < 1.29 is 29.4 Å². The standard InChI is InChI=1S/C55H78N4O6/c1-9-10-14-40(49(63)64)42(56)33-59-47(61)37-17-15-36(16-18-37)32-58-48(62)38-13-11-12-35(31-38)24-30-57-50(65)55-27-21-39(34(2)3)46(55)41-19-20-44-52(6)25-23-45(60)51(4,5)43(52)22-26-54(44,8)53(41,7)28-29-55/h10-17,31,37,39,41,43-46,60H,2,9,18-30,32-33,56H2,1,3-8H3,(H,57,65)(H,58,62)(H,59,61)(H,63,64)/b14-10-,42-40+/t37?,39?,41?,43?,44?,45?,46?,52?,53-,54?,55?/m1/s1. The van der Waals surface area contributed by atoms with E-state index < -0.39 is 17.3 Å². The molecule has 0 aliphatic heterocycles. The van der Waals surface area contributed by atoms with E-state index in [1.165, 1.54) is 30.9 Å². The number of carboxylic acid groups (broad SMARTS) is 1. The number of hydrogen-bond donors (Lipinski definition) is 6. The van der Waals surface area contributed by atoms with Gasteiger partial charge in [0.2, 0.25) is 11.8 Å². The van der Waals surface area contributed by atoms with Crippen LogP contribution in [0.15, 0.2) is 83.6 Å². The van der Waals surface area contributed by atoms with Crippen LogP contribution in [0.5, 0.6) is 0 Å². The van der Waals surface area contributed by atoms with E-state index in [1.54, 1.807) is 18.2 Å². The first-order chi connectivity index (χ1) is 30.7. The summed E-state index contributed by atoms with van der Waals surface area (Å²) < 4.78 is 0. The lowest BCUT2D eigenvalue weighted by Gasteiger charge is -2.72. The van der Waals surface area contributed by atoms with E-state index in [0.717, 1.165) is 56.1 Å². The van der Waals surface area contributed by atoms with Crippen molar-refractivity contribution in [1.29, 1.82) is 0 Å². The van der Waals surface area contributed by atoms with Gasteiger partial charge in [-0.2, -0.15) is 0 Å². The molecule has 0 spiro atoms. The van der Waals surface area contributed by atoms with E-state index in [2.05, 4.69) is 64.1 Å². The van der Waals surface area contributed by atoms with E-state index in [1.807, 2.05) is 37.3 Å². The molecule has 10 unspecified atom stereocenters. The number of carbonyl (C=O) groups excluding carboxylic acids is 3. The molecule has 10 heteroatoms. The van der Waals surface area contributed by atoms with Crippen molar-refractivity contribution in [3.05, 3.63) is 94.8 Å². The summed E-state index contributed by atoms with van der Waals surface area (Å²) in [6, 6.07) is 7.61. The number of aliphatic carboxylic acids is 1. The van der Waals surface area contributed by atoms with Crippen molar-refractivity contribution >= 4 is 23.7 Å². The van der Waals surface area contributed by atoms with Gasteiger partial charge in [-0.25, -0.2) is 4.79 Å². The van der Waals surface area contributed by atoms with Crippen molar-refractivity contribution in [2.45, 2.75) is 138 Å². The number of carbonyl (C=O) groups is 4. The third-order valence-electron chi connectivity index (χ3n) is 18.9. The summed E-state index contributed by atoms with van der Waals surface area (Å²) in [5.74, 6) is 0.417. The number of nitrogens with two attached hydrogens (primary N) is 1. The lowest BCUT2D eigenvalue weighted by Crippen LogP contribution is -2.67. The third kappa shape index (κ3) is 8.71. The van der Waals surface area contributed by atoms with Crippen LogP contribution in [-0.4, -0.2) is 59.6 Å². The number of fused-ring (bicyclic) bond motifs is 7. The van der Waals surface area contributed by atoms with E-state index in [9.17, 15) is 29.4 Å².